The van der Waals surface area contributed by atoms with Gasteiger partial charge in [-0.2, -0.15) is 0 Å². The summed E-state index contributed by atoms with van der Waals surface area (Å²) in [5.74, 6) is 0. The molecule has 0 aliphatic carbocycles. The second-order valence-electron chi connectivity index (χ2n) is 0.600. The first-order valence-corrected chi connectivity index (χ1v) is 2.68. The van der Waals surface area contributed by atoms with E-state index < -0.39 is 9.05 Å². The summed E-state index contributed by atoms with van der Waals surface area (Å²) in [7, 11) is -4.61. The molecule has 4 N–H and O–H groups in total. The maximum atomic E-state index is 7.33. The van der Waals surface area contributed by atoms with Crippen LogP contribution in [0.2, 0.25) is 0 Å². The normalized spacial score (nSPS) is 8.57. The van der Waals surface area contributed by atoms with Crippen LogP contribution in [0, 0.1) is 0 Å². The van der Waals surface area contributed by atoms with Crippen molar-refractivity contribution in [3.8, 4) is 0 Å². The Labute approximate surface area is 92.9 Å². The predicted molar refractivity (Wildman–Crippen MR) is 33.1 cm³/mol. The standard InChI is InChI=1S/Al.Ba.H4O4Si.5H/c;;1-5(2,3)4;;;;;/h;;1-4H;;;;;. The molecule has 0 aliphatic rings. The second-order valence-corrected chi connectivity index (χ2v) is 1.80. The van der Waals surface area contributed by atoms with E-state index in [-0.39, 0.29) is 66.2 Å². The van der Waals surface area contributed by atoms with Gasteiger partial charge in [0, 0.05) is 0 Å². The summed E-state index contributed by atoms with van der Waals surface area (Å²) in [5, 5.41) is 0. The van der Waals surface area contributed by atoms with Crippen molar-refractivity contribution in [1.29, 1.82) is 0 Å². The van der Waals surface area contributed by atoms with Crippen molar-refractivity contribution < 1.29 is 19.2 Å². The average molecular weight is 265 g/mol. The molecule has 0 atom stereocenters. The van der Waals surface area contributed by atoms with Gasteiger partial charge in [-0.25, -0.2) is 0 Å². The molecule has 0 fully saturated rings. The Morgan fingerprint density at radius 3 is 0.857 bits per heavy atom. The van der Waals surface area contributed by atoms with Gasteiger partial charge in [0.05, 0.1) is 0 Å². The quantitative estimate of drug-likeness (QED) is 0.332. The van der Waals surface area contributed by atoms with Crippen LogP contribution in [0.3, 0.4) is 0 Å². The fourth-order valence-corrected chi connectivity index (χ4v) is 0. The molecule has 0 saturated heterocycles. The molecule has 0 amide bonds. The fourth-order valence-electron chi connectivity index (χ4n) is 0. The third kappa shape index (κ3) is 66.3. The molecular formula is H9AlBaO4Si. The van der Waals surface area contributed by atoms with E-state index in [2.05, 4.69) is 0 Å². The number of hydrogen-bond donors (Lipinski definition) is 4. The summed E-state index contributed by atoms with van der Waals surface area (Å²) in [5.41, 5.74) is 0. The first-order chi connectivity index (χ1) is 2.00. The zero-order valence-corrected chi connectivity index (χ0v) is 3.29. The molecule has 0 bridgehead atoms. The number of rotatable bonds is 0. The van der Waals surface area contributed by atoms with E-state index in [1.165, 1.54) is 0 Å². The van der Waals surface area contributed by atoms with Crippen LogP contribution < -0.4 is 0 Å². The minimum absolute atomic E-state index is 0. The van der Waals surface area contributed by atoms with Gasteiger partial charge in [-0.3, -0.25) is 0 Å². The molecule has 0 unspecified atom stereocenters. The molecule has 0 aromatic heterocycles. The van der Waals surface area contributed by atoms with E-state index >= 15 is 0 Å². The van der Waals surface area contributed by atoms with Crippen molar-refractivity contribution in [1.82, 2.24) is 0 Å². The molecule has 0 aliphatic heterocycles. The minimum atomic E-state index is -4.61. The van der Waals surface area contributed by atoms with Gasteiger partial charge in [-0.05, 0) is 0 Å². The molecule has 0 heterocycles. The van der Waals surface area contributed by atoms with Crippen molar-refractivity contribution in [3.63, 3.8) is 0 Å². The molecule has 0 rings (SSSR count). The van der Waals surface area contributed by atoms with Gasteiger partial charge in [0.15, 0.2) is 17.4 Å². The first-order valence-electron chi connectivity index (χ1n) is 0.894. The van der Waals surface area contributed by atoms with Crippen molar-refractivity contribution in [2.75, 3.05) is 0 Å². The van der Waals surface area contributed by atoms with Gasteiger partial charge in [0.25, 0.3) is 0 Å². The van der Waals surface area contributed by atoms with Crippen LogP contribution in [-0.2, 0) is 0 Å². The zero-order valence-electron chi connectivity index (χ0n) is 2.29. The zero-order chi connectivity index (χ0) is 4.50. The van der Waals surface area contributed by atoms with Gasteiger partial charge >= 0.3 is 57.9 Å². The van der Waals surface area contributed by atoms with E-state index in [1.54, 1.807) is 0 Å². The molecule has 7 heteroatoms. The summed E-state index contributed by atoms with van der Waals surface area (Å²) < 4.78 is 0. The van der Waals surface area contributed by atoms with E-state index in [0.29, 0.717) is 0 Å². The Hall–Kier alpha value is 2.16. The Morgan fingerprint density at radius 1 is 0.857 bits per heavy atom. The van der Waals surface area contributed by atoms with Crippen molar-refractivity contribution in [2.24, 2.45) is 0 Å². The van der Waals surface area contributed by atoms with Crippen molar-refractivity contribution >= 4 is 75.3 Å². The van der Waals surface area contributed by atoms with Crippen LogP contribution in [0.15, 0.2) is 0 Å². The molecule has 4 nitrogen and oxygen atoms in total. The fraction of sp³-hybridized carbons (Fsp3) is 0. The molecule has 0 aromatic carbocycles. The number of hydrogen-bond acceptors (Lipinski definition) is 4. The van der Waals surface area contributed by atoms with Crippen LogP contribution in [0.4, 0.5) is 0 Å². The molecule has 0 spiro atoms. The summed E-state index contributed by atoms with van der Waals surface area (Å²) in [4.78, 5) is 29.3. The SMILES string of the molecule is O[Si](O)(O)O.[AlH3].[BaH2]. The van der Waals surface area contributed by atoms with Gasteiger partial charge in [0.2, 0.25) is 0 Å². The van der Waals surface area contributed by atoms with E-state index in [1.807, 2.05) is 0 Å². The van der Waals surface area contributed by atoms with Gasteiger partial charge in [0.1, 0.15) is 0 Å². The molecule has 42 valence electrons. The van der Waals surface area contributed by atoms with Crippen LogP contribution in [0.5, 0.6) is 0 Å². The molecular weight excluding hydrogens is 256 g/mol. The van der Waals surface area contributed by atoms with Crippen LogP contribution in [0.1, 0.15) is 0 Å². The topological polar surface area (TPSA) is 80.9 Å². The Balaban J connectivity index is -0.0000000800. The average Bonchev–Trinajstić information content (AvgIpc) is 0.722. The van der Waals surface area contributed by atoms with Crippen molar-refractivity contribution in [2.45, 2.75) is 0 Å². The van der Waals surface area contributed by atoms with Gasteiger partial charge < -0.3 is 19.2 Å². The van der Waals surface area contributed by atoms with E-state index in [4.69, 9.17) is 19.2 Å². The summed E-state index contributed by atoms with van der Waals surface area (Å²) in [6, 6.07) is 0. The summed E-state index contributed by atoms with van der Waals surface area (Å²) in [6.45, 7) is 0. The molecule has 7 heavy (non-hydrogen) atoms. The second kappa shape index (κ2) is 6.28. The molecule has 0 aromatic rings. The predicted octanol–water partition coefficient (Wildman–Crippen LogP) is -4.71. The third-order valence-electron chi connectivity index (χ3n) is 0. The van der Waals surface area contributed by atoms with Gasteiger partial charge in [-0.1, -0.05) is 0 Å². The Bertz CT molecular complexity index is 27.2. The van der Waals surface area contributed by atoms with Crippen LogP contribution >= 0.6 is 0 Å². The summed E-state index contributed by atoms with van der Waals surface area (Å²) >= 11 is 0. The van der Waals surface area contributed by atoms with E-state index in [0.717, 1.165) is 0 Å². The van der Waals surface area contributed by atoms with Gasteiger partial charge in [-0.15, -0.1) is 0 Å². The molecule has 0 saturated carbocycles. The third-order valence-corrected chi connectivity index (χ3v) is 0. The Kier molecular flexibility index (Phi) is 14.4. The molecule has 0 radical (unpaired) electrons. The van der Waals surface area contributed by atoms with Crippen molar-refractivity contribution in [3.05, 3.63) is 0 Å². The first kappa shape index (κ1) is 16.1. The Morgan fingerprint density at radius 2 is 0.857 bits per heavy atom. The van der Waals surface area contributed by atoms with Crippen LogP contribution in [0.25, 0.3) is 0 Å². The summed E-state index contributed by atoms with van der Waals surface area (Å²) in [6.07, 6.45) is 0. The maximum absolute atomic E-state index is 7.33. The van der Waals surface area contributed by atoms with E-state index in [9.17, 15) is 0 Å². The monoisotopic (exact) mass is 266 g/mol. The van der Waals surface area contributed by atoms with Crippen LogP contribution in [-0.4, -0.2) is 94.5 Å².